The topological polar surface area (TPSA) is 99.0 Å². The van der Waals surface area contributed by atoms with E-state index in [1.807, 2.05) is 31.2 Å². The summed E-state index contributed by atoms with van der Waals surface area (Å²) < 4.78 is 27.1. The third-order valence-electron chi connectivity index (χ3n) is 3.87. The van der Waals surface area contributed by atoms with Gasteiger partial charge >= 0.3 is 5.97 Å². The van der Waals surface area contributed by atoms with Crippen molar-refractivity contribution in [3.63, 3.8) is 0 Å². The van der Waals surface area contributed by atoms with Crippen LogP contribution in [0.3, 0.4) is 0 Å². The second-order valence-corrected chi connectivity index (χ2v) is 7.57. The summed E-state index contributed by atoms with van der Waals surface area (Å²) in [6.07, 6.45) is 0. The second kappa shape index (κ2) is 7.61. The van der Waals surface area contributed by atoms with Crippen LogP contribution >= 0.6 is 0 Å². The number of anilines is 2. The monoisotopic (exact) mass is 382 g/mol. The number of hydrogen-bond acceptors (Lipinski definition) is 4. The van der Waals surface area contributed by atoms with E-state index in [2.05, 4.69) is 9.68 Å². The molecule has 0 radical (unpaired) electrons. The van der Waals surface area contributed by atoms with Crippen LogP contribution in [0.15, 0.2) is 82.1 Å². The van der Waals surface area contributed by atoms with Crippen LogP contribution in [0.5, 0.6) is 0 Å². The van der Waals surface area contributed by atoms with E-state index in [-0.39, 0.29) is 10.5 Å². The fraction of sp³-hybridized carbons (Fsp3) is 0.0500. The van der Waals surface area contributed by atoms with Crippen molar-refractivity contribution in [1.29, 1.82) is 0 Å². The molecule has 3 rings (SSSR count). The summed E-state index contributed by atoms with van der Waals surface area (Å²) >= 11 is 0. The summed E-state index contributed by atoms with van der Waals surface area (Å²) in [4.78, 5) is 11.0. The Morgan fingerprint density at radius 3 is 2.22 bits per heavy atom. The van der Waals surface area contributed by atoms with Crippen LogP contribution in [-0.2, 0) is 10.0 Å². The molecule has 138 valence electrons. The van der Waals surface area contributed by atoms with E-state index in [1.165, 1.54) is 24.3 Å². The van der Waals surface area contributed by atoms with Crippen LogP contribution < -0.4 is 5.32 Å². The number of carboxylic acids is 1. The third-order valence-corrected chi connectivity index (χ3v) is 5.20. The van der Waals surface area contributed by atoms with Crippen molar-refractivity contribution in [2.45, 2.75) is 11.8 Å². The minimum absolute atomic E-state index is 0.0374. The molecule has 3 aromatic rings. The molecule has 0 fully saturated rings. The number of carboxylic acid groups (broad SMARTS) is 1. The number of nitrogens with one attached hydrogen (secondary N) is 1. The van der Waals surface area contributed by atoms with Gasteiger partial charge in [-0.15, -0.1) is 0 Å². The van der Waals surface area contributed by atoms with Crippen LogP contribution in [-0.4, -0.2) is 19.8 Å². The molecular weight excluding hydrogens is 364 g/mol. The smallest absolute Gasteiger partial charge is 0.335 e. The van der Waals surface area contributed by atoms with Gasteiger partial charge in [-0.2, -0.15) is 4.36 Å². The van der Waals surface area contributed by atoms with Gasteiger partial charge < -0.3 is 10.4 Å². The van der Waals surface area contributed by atoms with Gasteiger partial charge in [0.2, 0.25) is 0 Å². The van der Waals surface area contributed by atoms with Gasteiger partial charge in [-0.05, 0) is 55.5 Å². The molecule has 0 amide bonds. The zero-order valence-corrected chi connectivity index (χ0v) is 15.3. The Morgan fingerprint density at radius 2 is 1.59 bits per heavy atom. The largest absolute Gasteiger partial charge is 0.478 e. The van der Waals surface area contributed by atoms with Gasteiger partial charge in [0, 0.05) is 5.69 Å². The van der Waals surface area contributed by atoms with Gasteiger partial charge in [-0.25, -0.2) is 9.00 Å². The third kappa shape index (κ3) is 4.52. The number of hydrogen-bond donors (Lipinski definition) is 3. The van der Waals surface area contributed by atoms with Crippen LogP contribution in [0, 0.1) is 6.92 Å². The van der Waals surface area contributed by atoms with E-state index in [0.29, 0.717) is 11.4 Å². The fourth-order valence-electron chi connectivity index (χ4n) is 2.41. The first-order valence-electron chi connectivity index (χ1n) is 8.11. The highest BCUT2D eigenvalue weighted by molar-refractivity contribution is 7.88. The fourth-order valence-corrected chi connectivity index (χ4v) is 3.43. The zero-order valence-electron chi connectivity index (χ0n) is 14.5. The number of aryl methyl sites for hydroxylation is 1. The normalized spacial score (nSPS) is 12.8. The summed E-state index contributed by atoms with van der Waals surface area (Å²) in [6, 6.07) is 19.8. The van der Waals surface area contributed by atoms with Crippen molar-refractivity contribution >= 4 is 33.0 Å². The molecule has 1 unspecified atom stereocenters. The lowest BCUT2D eigenvalue weighted by molar-refractivity contribution is 0.0696. The summed E-state index contributed by atoms with van der Waals surface area (Å²) in [6.45, 7) is 1.99. The Morgan fingerprint density at radius 1 is 0.963 bits per heavy atom. The van der Waals surface area contributed by atoms with E-state index in [1.54, 1.807) is 24.3 Å². The number of carbonyl (C=O) groups is 1. The summed E-state index contributed by atoms with van der Waals surface area (Å²) in [5.41, 5.74) is 2.91. The minimum Gasteiger partial charge on any atom is -0.478 e. The van der Waals surface area contributed by atoms with Crippen LogP contribution in [0.1, 0.15) is 15.9 Å². The Balaban J connectivity index is 1.97. The molecule has 0 spiro atoms. The Kier molecular flexibility index (Phi) is 5.25. The zero-order chi connectivity index (χ0) is 19.4. The van der Waals surface area contributed by atoms with E-state index >= 15 is 0 Å². The number of nitrogens with zero attached hydrogens (tertiary/aromatic N) is 1. The molecule has 0 aliphatic heterocycles. The first-order valence-corrected chi connectivity index (χ1v) is 9.58. The Hall–Kier alpha value is -3.16. The summed E-state index contributed by atoms with van der Waals surface area (Å²) in [7, 11) is -3.74. The molecule has 0 heterocycles. The summed E-state index contributed by atoms with van der Waals surface area (Å²) in [5, 5.41) is 12.1. The molecule has 1 atom stereocenters. The lowest BCUT2D eigenvalue weighted by Crippen LogP contribution is -2.01. The maximum atomic E-state index is 12.7. The van der Waals surface area contributed by atoms with Crippen molar-refractivity contribution in [1.82, 2.24) is 0 Å². The maximum absolute atomic E-state index is 12.7. The first kappa shape index (κ1) is 18.6. The Bertz CT molecular complexity index is 1080. The molecule has 6 nitrogen and oxygen atoms in total. The van der Waals surface area contributed by atoms with Gasteiger partial charge in [-0.1, -0.05) is 29.8 Å². The van der Waals surface area contributed by atoms with Crippen LogP contribution in [0.25, 0.3) is 0 Å². The number of aromatic carboxylic acids is 1. The predicted molar refractivity (Wildman–Crippen MR) is 105 cm³/mol. The van der Waals surface area contributed by atoms with E-state index in [9.17, 15) is 13.6 Å². The molecule has 3 aromatic carbocycles. The van der Waals surface area contributed by atoms with Crippen LogP contribution in [0.4, 0.5) is 17.1 Å². The molecule has 0 aromatic heterocycles. The van der Waals surface area contributed by atoms with Gasteiger partial charge in [0.15, 0.2) is 10.0 Å². The molecule has 0 bridgehead atoms. The molecule has 0 saturated heterocycles. The minimum atomic E-state index is -3.74. The SMILES string of the molecule is Cc1ccc(Nc2ccccc2N=S(=O)(O)c2ccc(C(=O)O)cc2)cc1. The highest BCUT2D eigenvalue weighted by Gasteiger charge is 2.12. The average Bonchev–Trinajstić information content (AvgIpc) is 2.65. The lowest BCUT2D eigenvalue weighted by atomic mass is 10.2. The van der Waals surface area contributed by atoms with Crippen molar-refractivity contribution in [3.8, 4) is 0 Å². The van der Waals surface area contributed by atoms with Gasteiger partial charge in [0.1, 0.15) is 0 Å². The van der Waals surface area contributed by atoms with Gasteiger partial charge in [0.25, 0.3) is 0 Å². The maximum Gasteiger partial charge on any atom is 0.335 e. The molecule has 0 aliphatic rings. The van der Waals surface area contributed by atoms with E-state index in [0.717, 1.165) is 11.3 Å². The van der Waals surface area contributed by atoms with E-state index < -0.39 is 16.0 Å². The Labute approximate surface area is 157 Å². The van der Waals surface area contributed by atoms with Gasteiger partial charge in [-0.3, -0.25) is 4.55 Å². The van der Waals surface area contributed by atoms with Crippen molar-refractivity contribution in [2.75, 3.05) is 5.32 Å². The average molecular weight is 382 g/mol. The highest BCUT2D eigenvalue weighted by atomic mass is 32.2. The molecule has 27 heavy (non-hydrogen) atoms. The van der Waals surface area contributed by atoms with Crippen molar-refractivity contribution in [2.24, 2.45) is 4.36 Å². The number of rotatable bonds is 5. The van der Waals surface area contributed by atoms with E-state index in [4.69, 9.17) is 5.11 Å². The first-order chi connectivity index (χ1) is 12.8. The quantitative estimate of drug-likeness (QED) is 0.572. The predicted octanol–water partition coefficient (Wildman–Crippen LogP) is 5.07. The standard InChI is InChI=1S/C20H18N2O4S/c1-14-6-10-16(11-7-14)21-18-4-2-3-5-19(18)22-27(25,26)17-12-8-15(9-13-17)20(23)24/h2-13,21H,1H3,(H,23,24)(H,22,25,26). The molecule has 7 heteroatoms. The molecule has 0 aliphatic carbocycles. The lowest BCUT2D eigenvalue weighted by Gasteiger charge is -2.10. The molecule has 3 N–H and O–H groups in total. The molecule has 0 saturated carbocycles. The van der Waals surface area contributed by atoms with Crippen LogP contribution in [0.2, 0.25) is 0 Å². The van der Waals surface area contributed by atoms with Gasteiger partial charge in [0.05, 0.1) is 21.8 Å². The van der Waals surface area contributed by atoms with Crippen molar-refractivity contribution in [3.05, 3.63) is 83.9 Å². The number of para-hydroxylation sites is 1. The second-order valence-electron chi connectivity index (χ2n) is 5.93. The summed E-state index contributed by atoms with van der Waals surface area (Å²) in [5.74, 6) is -1.10. The molecular formula is C20H18N2O4S. The van der Waals surface area contributed by atoms with Crippen molar-refractivity contribution < 1.29 is 18.7 Å². The number of benzene rings is 3. The highest BCUT2D eigenvalue weighted by Crippen LogP contribution is 2.30.